The summed E-state index contributed by atoms with van der Waals surface area (Å²) in [5.41, 5.74) is -0.792. The molecule has 0 bridgehead atoms. The molecule has 8 heteroatoms. The Morgan fingerprint density at radius 1 is 1.20 bits per heavy atom. The quantitative estimate of drug-likeness (QED) is 0.432. The number of non-ortho nitro benzene ring substituents is 1. The van der Waals surface area contributed by atoms with E-state index in [9.17, 15) is 20.2 Å². The predicted octanol–water partition coefficient (Wildman–Crippen LogP) is 2.22. The van der Waals surface area contributed by atoms with Crippen molar-refractivity contribution in [1.29, 1.82) is 0 Å². The molecular formula is C7H6N4O4. The summed E-state index contributed by atoms with van der Waals surface area (Å²) in [6.45, 7) is 0. The largest absolute Gasteiger partial charge is 0.303 e. The van der Waals surface area contributed by atoms with Crippen LogP contribution in [0.3, 0.4) is 0 Å². The van der Waals surface area contributed by atoms with Crippen LogP contribution >= 0.6 is 0 Å². The number of hydrogen-bond acceptors (Lipinski definition) is 6. The van der Waals surface area contributed by atoms with Crippen LogP contribution in [0, 0.1) is 20.2 Å². The summed E-state index contributed by atoms with van der Waals surface area (Å²) in [5.74, 6) is 0. The first-order chi connectivity index (χ1) is 7.06. The van der Waals surface area contributed by atoms with E-state index < -0.39 is 15.5 Å². The molecule has 1 aromatic rings. The summed E-state index contributed by atoms with van der Waals surface area (Å²) in [6, 6.07) is 3.17. The van der Waals surface area contributed by atoms with Gasteiger partial charge in [0.15, 0.2) is 5.69 Å². The van der Waals surface area contributed by atoms with Gasteiger partial charge in [0.2, 0.25) is 0 Å². The van der Waals surface area contributed by atoms with E-state index in [2.05, 4.69) is 10.2 Å². The van der Waals surface area contributed by atoms with E-state index in [1.165, 1.54) is 13.1 Å². The van der Waals surface area contributed by atoms with Crippen molar-refractivity contribution < 1.29 is 9.85 Å². The van der Waals surface area contributed by atoms with Crippen LogP contribution < -0.4 is 0 Å². The molecule has 0 heterocycles. The van der Waals surface area contributed by atoms with Crippen LogP contribution in [0.4, 0.5) is 17.1 Å². The first-order valence-corrected chi connectivity index (χ1v) is 3.79. The first kappa shape index (κ1) is 10.7. The molecule has 0 aromatic heterocycles. The van der Waals surface area contributed by atoms with Crippen LogP contribution in [-0.4, -0.2) is 16.9 Å². The van der Waals surface area contributed by atoms with E-state index in [1.807, 2.05) is 0 Å². The van der Waals surface area contributed by atoms with Gasteiger partial charge in [0.1, 0.15) is 0 Å². The molecule has 0 aliphatic heterocycles. The normalized spacial score (nSPS) is 10.5. The lowest BCUT2D eigenvalue weighted by Gasteiger charge is -1.95. The van der Waals surface area contributed by atoms with Crippen molar-refractivity contribution in [2.45, 2.75) is 0 Å². The number of benzene rings is 1. The average Bonchev–Trinajstić information content (AvgIpc) is 2.18. The molecule has 15 heavy (non-hydrogen) atoms. The molecule has 0 aliphatic rings. The highest BCUT2D eigenvalue weighted by Crippen LogP contribution is 2.31. The zero-order valence-electron chi connectivity index (χ0n) is 7.65. The lowest BCUT2D eigenvalue weighted by atomic mass is 10.2. The maximum absolute atomic E-state index is 10.6. The highest BCUT2D eigenvalue weighted by Gasteiger charge is 2.18. The van der Waals surface area contributed by atoms with Crippen LogP contribution in [0.1, 0.15) is 0 Å². The molecule has 0 amide bonds. The minimum Gasteiger partial charge on any atom is -0.258 e. The molecule has 0 saturated carbocycles. The second kappa shape index (κ2) is 4.22. The molecule has 78 valence electrons. The highest BCUT2D eigenvalue weighted by molar-refractivity contribution is 5.61. The fourth-order valence-electron chi connectivity index (χ4n) is 0.964. The van der Waals surface area contributed by atoms with Gasteiger partial charge in [-0.2, -0.15) is 5.11 Å². The third kappa shape index (κ3) is 2.30. The molecule has 0 atom stereocenters. The number of nitro groups is 2. The Morgan fingerprint density at radius 2 is 1.87 bits per heavy atom. The number of azo groups is 1. The van der Waals surface area contributed by atoms with E-state index >= 15 is 0 Å². The van der Waals surface area contributed by atoms with Crippen LogP contribution in [0.15, 0.2) is 28.4 Å². The fraction of sp³-hybridized carbons (Fsp3) is 0.143. The number of nitro benzene ring substituents is 2. The molecule has 0 spiro atoms. The average molecular weight is 210 g/mol. The van der Waals surface area contributed by atoms with Gasteiger partial charge < -0.3 is 0 Å². The first-order valence-electron chi connectivity index (χ1n) is 3.79. The Balaban J connectivity index is 3.33. The van der Waals surface area contributed by atoms with Crippen molar-refractivity contribution in [1.82, 2.24) is 0 Å². The molecule has 1 aromatic carbocycles. The topological polar surface area (TPSA) is 111 Å². The summed E-state index contributed by atoms with van der Waals surface area (Å²) in [4.78, 5) is 19.5. The van der Waals surface area contributed by atoms with E-state index in [1.54, 1.807) is 0 Å². The van der Waals surface area contributed by atoms with E-state index in [4.69, 9.17) is 0 Å². The Kier molecular flexibility index (Phi) is 3.01. The maximum atomic E-state index is 10.6. The Hall–Kier alpha value is -2.38. The summed E-state index contributed by atoms with van der Waals surface area (Å²) in [5, 5.41) is 27.8. The van der Waals surface area contributed by atoms with Crippen molar-refractivity contribution >= 4 is 17.1 Å². The zero-order chi connectivity index (χ0) is 11.4. The van der Waals surface area contributed by atoms with Crippen molar-refractivity contribution in [3.8, 4) is 0 Å². The van der Waals surface area contributed by atoms with Crippen molar-refractivity contribution in [2.75, 3.05) is 7.05 Å². The van der Waals surface area contributed by atoms with Gasteiger partial charge in [-0.05, 0) is 6.07 Å². The van der Waals surface area contributed by atoms with Crippen LogP contribution in [-0.2, 0) is 0 Å². The van der Waals surface area contributed by atoms with Crippen LogP contribution in [0.2, 0.25) is 0 Å². The molecule has 0 unspecified atom stereocenters. The second-order valence-corrected chi connectivity index (χ2v) is 2.49. The van der Waals surface area contributed by atoms with Gasteiger partial charge in [0, 0.05) is 13.1 Å². The molecule has 0 saturated heterocycles. The van der Waals surface area contributed by atoms with Gasteiger partial charge in [-0.25, -0.2) is 0 Å². The van der Waals surface area contributed by atoms with Crippen molar-refractivity contribution in [2.24, 2.45) is 10.2 Å². The number of hydrogen-bond donors (Lipinski definition) is 0. The van der Waals surface area contributed by atoms with Crippen LogP contribution in [0.25, 0.3) is 0 Å². The van der Waals surface area contributed by atoms with Gasteiger partial charge in [0.25, 0.3) is 5.69 Å². The van der Waals surface area contributed by atoms with E-state index in [0.717, 1.165) is 12.1 Å². The maximum Gasteiger partial charge on any atom is 0.303 e. The van der Waals surface area contributed by atoms with Gasteiger partial charge in [-0.1, -0.05) is 0 Å². The lowest BCUT2D eigenvalue weighted by molar-refractivity contribution is -0.393. The minimum atomic E-state index is -0.739. The predicted molar refractivity (Wildman–Crippen MR) is 50.2 cm³/mol. The summed E-state index contributed by atoms with van der Waals surface area (Å²) >= 11 is 0. The van der Waals surface area contributed by atoms with E-state index in [-0.39, 0.29) is 11.4 Å². The Bertz CT molecular complexity index is 443. The molecule has 0 fully saturated rings. The fourth-order valence-corrected chi connectivity index (χ4v) is 0.964. The van der Waals surface area contributed by atoms with Crippen molar-refractivity contribution in [3.63, 3.8) is 0 Å². The Morgan fingerprint density at radius 3 is 2.33 bits per heavy atom. The highest BCUT2D eigenvalue weighted by atomic mass is 16.6. The van der Waals surface area contributed by atoms with Crippen molar-refractivity contribution in [3.05, 3.63) is 38.4 Å². The number of nitrogens with zero attached hydrogens (tertiary/aromatic N) is 4. The molecule has 0 N–H and O–H groups in total. The molecule has 1 rings (SSSR count). The van der Waals surface area contributed by atoms with Gasteiger partial charge >= 0.3 is 5.69 Å². The van der Waals surface area contributed by atoms with Crippen LogP contribution in [0.5, 0.6) is 0 Å². The number of rotatable bonds is 3. The zero-order valence-corrected chi connectivity index (χ0v) is 7.65. The monoisotopic (exact) mass is 210 g/mol. The SMILES string of the molecule is CN=Nc1ccc([N+](=O)[O-])cc1[N+](=O)[O-]. The van der Waals surface area contributed by atoms with Gasteiger partial charge in [0.05, 0.1) is 15.9 Å². The summed E-state index contributed by atoms with van der Waals surface area (Å²) in [6.07, 6.45) is 0. The smallest absolute Gasteiger partial charge is 0.258 e. The molecular weight excluding hydrogens is 204 g/mol. The minimum absolute atomic E-state index is 0.00639. The van der Waals surface area contributed by atoms with Gasteiger partial charge in [-0.3, -0.25) is 20.2 Å². The second-order valence-electron chi connectivity index (χ2n) is 2.49. The lowest BCUT2D eigenvalue weighted by Crippen LogP contribution is -1.92. The summed E-state index contributed by atoms with van der Waals surface area (Å²) < 4.78 is 0. The van der Waals surface area contributed by atoms with E-state index in [0.29, 0.717) is 0 Å². The Labute approximate surface area is 83.5 Å². The third-order valence-electron chi connectivity index (χ3n) is 1.57. The standard InChI is InChI=1S/C7H6N4O4/c1-8-9-6-3-2-5(10(12)13)4-7(6)11(14)15/h2-4H,1H3. The molecule has 0 radical (unpaired) electrons. The molecule has 8 nitrogen and oxygen atoms in total. The van der Waals surface area contributed by atoms with Gasteiger partial charge in [-0.15, -0.1) is 5.11 Å². The third-order valence-corrected chi connectivity index (χ3v) is 1.57. The summed E-state index contributed by atoms with van der Waals surface area (Å²) in [7, 11) is 1.35. The molecule has 0 aliphatic carbocycles.